The van der Waals surface area contributed by atoms with Gasteiger partial charge in [-0.1, -0.05) is 19.4 Å². The summed E-state index contributed by atoms with van der Waals surface area (Å²) in [6.07, 6.45) is 2.63. The van der Waals surface area contributed by atoms with E-state index in [1.807, 2.05) is 25.1 Å². The fourth-order valence-electron chi connectivity index (χ4n) is 1.65. The van der Waals surface area contributed by atoms with Gasteiger partial charge < -0.3 is 20.5 Å². The van der Waals surface area contributed by atoms with Gasteiger partial charge in [-0.2, -0.15) is 0 Å². The number of hydrogen-bond donors (Lipinski definition) is 3. The fraction of sp³-hybridized carbons (Fsp3) is 0.533. The largest absolute Gasteiger partial charge is 0.494 e. The maximum absolute atomic E-state index is 11.7. The number of carbonyl (C=O) groups excluding carboxylic acids is 1. The van der Waals surface area contributed by atoms with Crippen LogP contribution < -0.4 is 15.4 Å². The van der Waals surface area contributed by atoms with Crippen LogP contribution in [0.5, 0.6) is 5.75 Å². The normalized spacial score (nSPS) is 11.8. The van der Waals surface area contributed by atoms with E-state index in [4.69, 9.17) is 9.84 Å². The lowest BCUT2D eigenvalue weighted by Crippen LogP contribution is -2.36. The van der Waals surface area contributed by atoms with Gasteiger partial charge in [-0.05, 0) is 31.9 Å². The van der Waals surface area contributed by atoms with Crippen molar-refractivity contribution in [2.24, 2.45) is 0 Å². The Hall–Kier alpha value is -1.75. The molecule has 0 aliphatic carbocycles. The molecule has 5 heteroatoms. The Morgan fingerprint density at radius 3 is 2.95 bits per heavy atom. The monoisotopic (exact) mass is 280 g/mol. The Kier molecular flexibility index (Phi) is 7.50. The number of rotatable bonds is 8. The minimum atomic E-state index is -0.281. The van der Waals surface area contributed by atoms with E-state index in [1.54, 1.807) is 6.07 Å². The number of nitrogens with one attached hydrogen (secondary N) is 2. The predicted octanol–water partition coefficient (Wildman–Crippen LogP) is 2.76. The highest BCUT2D eigenvalue weighted by molar-refractivity contribution is 5.89. The lowest BCUT2D eigenvalue weighted by molar-refractivity contribution is 0.241. The van der Waals surface area contributed by atoms with Crippen LogP contribution in [0.15, 0.2) is 24.3 Å². The molecule has 20 heavy (non-hydrogen) atoms. The zero-order valence-electron chi connectivity index (χ0n) is 12.2. The van der Waals surface area contributed by atoms with Crippen LogP contribution >= 0.6 is 0 Å². The van der Waals surface area contributed by atoms with Crippen LogP contribution in [-0.2, 0) is 0 Å². The number of urea groups is 1. The Bertz CT molecular complexity index is 410. The molecule has 5 nitrogen and oxygen atoms in total. The summed E-state index contributed by atoms with van der Waals surface area (Å²) in [7, 11) is 0. The maximum Gasteiger partial charge on any atom is 0.319 e. The van der Waals surface area contributed by atoms with Crippen LogP contribution in [0, 0.1) is 0 Å². The number of carbonyl (C=O) groups is 1. The Morgan fingerprint density at radius 2 is 2.25 bits per heavy atom. The summed E-state index contributed by atoms with van der Waals surface area (Å²) in [4.78, 5) is 11.7. The van der Waals surface area contributed by atoms with Crippen molar-refractivity contribution >= 4 is 11.7 Å². The quantitative estimate of drug-likeness (QED) is 0.641. The van der Waals surface area contributed by atoms with E-state index >= 15 is 0 Å². The molecule has 0 heterocycles. The highest BCUT2D eigenvalue weighted by Crippen LogP contribution is 2.17. The van der Waals surface area contributed by atoms with Crippen molar-refractivity contribution in [3.8, 4) is 5.75 Å². The molecule has 0 aliphatic rings. The first-order valence-electron chi connectivity index (χ1n) is 7.07. The summed E-state index contributed by atoms with van der Waals surface area (Å²) in [5.74, 6) is 0.750. The Balaban J connectivity index is 2.46. The predicted molar refractivity (Wildman–Crippen MR) is 80.2 cm³/mol. The first kappa shape index (κ1) is 16.3. The summed E-state index contributed by atoms with van der Waals surface area (Å²) < 4.78 is 5.58. The van der Waals surface area contributed by atoms with Gasteiger partial charge in [0, 0.05) is 24.4 Å². The van der Waals surface area contributed by atoms with Gasteiger partial charge >= 0.3 is 6.03 Å². The van der Waals surface area contributed by atoms with E-state index in [2.05, 4.69) is 17.6 Å². The molecule has 0 fully saturated rings. The molecule has 112 valence electrons. The lowest BCUT2D eigenvalue weighted by atomic mass is 10.2. The third-order valence-electron chi connectivity index (χ3n) is 2.80. The third-order valence-corrected chi connectivity index (χ3v) is 2.80. The summed E-state index contributed by atoms with van der Waals surface area (Å²) in [5, 5.41) is 14.3. The van der Waals surface area contributed by atoms with Crippen LogP contribution in [0.4, 0.5) is 10.5 Å². The molecule has 1 atom stereocenters. The number of hydrogen-bond acceptors (Lipinski definition) is 3. The van der Waals surface area contributed by atoms with Crippen molar-refractivity contribution in [2.75, 3.05) is 18.5 Å². The van der Waals surface area contributed by atoms with Crippen molar-refractivity contribution in [3.63, 3.8) is 0 Å². The van der Waals surface area contributed by atoms with Gasteiger partial charge in [0.1, 0.15) is 5.75 Å². The van der Waals surface area contributed by atoms with Crippen molar-refractivity contribution in [2.45, 2.75) is 39.2 Å². The molecule has 1 aromatic rings. The van der Waals surface area contributed by atoms with E-state index in [1.165, 1.54) is 0 Å². The standard InChI is InChI=1S/C15H24N2O3/c1-3-4-10-20-14-7-5-6-13(11-14)17-15(19)16-12(2)8-9-18/h5-7,11-12,18H,3-4,8-10H2,1-2H3,(H2,16,17,19)/t12-/m1/s1. The highest BCUT2D eigenvalue weighted by atomic mass is 16.5. The molecule has 2 amide bonds. The van der Waals surface area contributed by atoms with Crippen LogP contribution in [0.25, 0.3) is 0 Å². The van der Waals surface area contributed by atoms with Crippen LogP contribution in [0.2, 0.25) is 0 Å². The second-order valence-electron chi connectivity index (χ2n) is 4.74. The molecule has 0 bridgehead atoms. The molecule has 3 N–H and O–H groups in total. The van der Waals surface area contributed by atoms with E-state index in [9.17, 15) is 4.79 Å². The number of unbranched alkanes of at least 4 members (excludes halogenated alkanes) is 1. The minimum Gasteiger partial charge on any atom is -0.494 e. The van der Waals surface area contributed by atoms with E-state index < -0.39 is 0 Å². The molecule has 0 saturated carbocycles. The maximum atomic E-state index is 11.7. The summed E-state index contributed by atoms with van der Waals surface area (Å²) in [6.45, 7) is 4.70. The smallest absolute Gasteiger partial charge is 0.319 e. The highest BCUT2D eigenvalue weighted by Gasteiger charge is 2.07. The summed E-state index contributed by atoms with van der Waals surface area (Å²) >= 11 is 0. The minimum absolute atomic E-state index is 0.0577. The molecule has 0 spiro atoms. The third kappa shape index (κ3) is 6.43. The molecule has 0 saturated heterocycles. The van der Waals surface area contributed by atoms with Crippen LogP contribution in [0.3, 0.4) is 0 Å². The van der Waals surface area contributed by atoms with Gasteiger partial charge in [0.05, 0.1) is 6.61 Å². The van der Waals surface area contributed by atoms with Gasteiger partial charge in [0.15, 0.2) is 0 Å². The molecule has 0 radical (unpaired) electrons. The number of anilines is 1. The van der Waals surface area contributed by atoms with E-state index in [0.29, 0.717) is 18.7 Å². The van der Waals surface area contributed by atoms with Crippen molar-refractivity contribution in [3.05, 3.63) is 24.3 Å². The van der Waals surface area contributed by atoms with Gasteiger partial charge in [0.25, 0.3) is 0 Å². The second kappa shape index (κ2) is 9.20. The summed E-state index contributed by atoms with van der Waals surface area (Å²) in [5.41, 5.74) is 0.688. The van der Waals surface area contributed by atoms with Gasteiger partial charge in [-0.25, -0.2) is 4.79 Å². The summed E-state index contributed by atoms with van der Waals surface area (Å²) in [6, 6.07) is 6.97. The van der Waals surface area contributed by atoms with Gasteiger partial charge in [0.2, 0.25) is 0 Å². The SMILES string of the molecule is CCCCOc1cccc(NC(=O)N[C@H](C)CCO)c1. The fourth-order valence-corrected chi connectivity index (χ4v) is 1.65. The van der Waals surface area contributed by atoms with Gasteiger partial charge in [-0.15, -0.1) is 0 Å². The molecule has 1 aromatic carbocycles. The number of aliphatic hydroxyl groups is 1. The van der Waals surface area contributed by atoms with Crippen LogP contribution in [0.1, 0.15) is 33.1 Å². The van der Waals surface area contributed by atoms with Crippen LogP contribution in [-0.4, -0.2) is 30.4 Å². The molecule has 0 aliphatic heterocycles. The van der Waals surface area contributed by atoms with Crippen molar-refractivity contribution in [1.29, 1.82) is 0 Å². The zero-order valence-corrected chi connectivity index (χ0v) is 12.2. The van der Waals surface area contributed by atoms with Gasteiger partial charge in [-0.3, -0.25) is 0 Å². The van der Waals surface area contributed by atoms with E-state index in [0.717, 1.165) is 18.6 Å². The molecular formula is C15H24N2O3. The molecule has 0 aromatic heterocycles. The molecular weight excluding hydrogens is 256 g/mol. The lowest BCUT2D eigenvalue weighted by Gasteiger charge is -2.14. The molecule has 1 rings (SSSR count). The number of benzene rings is 1. The number of ether oxygens (including phenoxy) is 1. The average molecular weight is 280 g/mol. The molecule has 0 unspecified atom stereocenters. The van der Waals surface area contributed by atoms with Crippen molar-refractivity contribution in [1.82, 2.24) is 5.32 Å². The Morgan fingerprint density at radius 1 is 1.45 bits per heavy atom. The number of aliphatic hydroxyl groups excluding tert-OH is 1. The average Bonchev–Trinajstić information content (AvgIpc) is 2.39. The first-order chi connectivity index (χ1) is 9.65. The van der Waals surface area contributed by atoms with E-state index in [-0.39, 0.29) is 18.7 Å². The second-order valence-corrected chi connectivity index (χ2v) is 4.74. The first-order valence-corrected chi connectivity index (χ1v) is 7.07. The Labute approximate surface area is 120 Å². The zero-order chi connectivity index (χ0) is 14.8. The van der Waals surface area contributed by atoms with Crippen molar-refractivity contribution < 1.29 is 14.6 Å². The number of amides is 2. The topological polar surface area (TPSA) is 70.6 Å².